The van der Waals surface area contributed by atoms with Crippen molar-refractivity contribution in [1.29, 1.82) is 0 Å². The first kappa shape index (κ1) is 13.3. The van der Waals surface area contributed by atoms with E-state index in [0.717, 1.165) is 19.4 Å². The maximum absolute atomic E-state index is 11.7. The Bertz CT molecular complexity index is 406. The molecule has 1 fully saturated rings. The molecule has 1 N–H and O–H groups in total. The number of nitrogens with zero attached hydrogens (tertiary/aromatic N) is 1. The lowest BCUT2D eigenvalue weighted by Crippen LogP contribution is -2.35. The van der Waals surface area contributed by atoms with E-state index in [1.165, 1.54) is 25.1 Å². The number of piperidine rings is 1. The van der Waals surface area contributed by atoms with E-state index in [9.17, 15) is 4.79 Å². The van der Waals surface area contributed by atoms with Crippen molar-refractivity contribution >= 4 is 17.6 Å². The fraction of sp³-hybridized carbons (Fsp3) is 0.538. The van der Waals surface area contributed by atoms with Gasteiger partial charge in [0.25, 0.3) is 0 Å². The van der Waals surface area contributed by atoms with E-state index in [1.807, 2.05) is 0 Å². The molecule has 2 heterocycles. The van der Waals surface area contributed by atoms with Gasteiger partial charge in [0.05, 0.1) is 6.61 Å². The monoisotopic (exact) mass is 268 g/mol. The van der Waals surface area contributed by atoms with Crippen molar-refractivity contribution < 1.29 is 9.53 Å². The maximum atomic E-state index is 11.7. The number of hydrogen-bond donors (Lipinski definition) is 1. The highest BCUT2D eigenvalue weighted by Gasteiger charge is 2.14. The lowest BCUT2D eigenvalue weighted by Gasteiger charge is -2.22. The van der Waals surface area contributed by atoms with Gasteiger partial charge >= 0.3 is 5.97 Å². The summed E-state index contributed by atoms with van der Waals surface area (Å²) in [6.45, 7) is 1.49. The first-order chi connectivity index (χ1) is 8.75. The van der Waals surface area contributed by atoms with Crippen molar-refractivity contribution in [1.82, 2.24) is 10.3 Å². The third kappa shape index (κ3) is 3.96. The zero-order valence-electron chi connectivity index (χ0n) is 10.2. The third-order valence-corrected chi connectivity index (χ3v) is 3.28. The zero-order chi connectivity index (χ0) is 12.8. The minimum absolute atomic E-state index is 0.263. The topological polar surface area (TPSA) is 51.2 Å². The molecule has 0 unspecified atom stereocenters. The molecule has 0 spiro atoms. The van der Waals surface area contributed by atoms with Gasteiger partial charge in [0, 0.05) is 17.3 Å². The van der Waals surface area contributed by atoms with Crippen LogP contribution in [0.4, 0.5) is 0 Å². The molecule has 1 aliphatic rings. The molecule has 5 heteroatoms. The number of esters is 1. The van der Waals surface area contributed by atoms with Crippen molar-refractivity contribution in [2.45, 2.75) is 31.7 Å². The van der Waals surface area contributed by atoms with E-state index in [1.54, 1.807) is 6.07 Å². The van der Waals surface area contributed by atoms with Crippen LogP contribution in [-0.2, 0) is 4.74 Å². The van der Waals surface area contributed by atoms with Gasteiger partial charge in [-0.1, -0.05) is 18.0 Å². The Morgan fingerprint density at radius 1 is 1.56 bits per heavy atom. The Labute approximate surface area is 112 Å². The Morgan fingerprint density at radius 2 is 2.44 bits per heavy atom. The molecule has 0 saturated carbocycles. The molecule has 1 aromatic heterocycles. The first-order valence-corrected chi connectivity index (χ1v) is 6.65. The van der Waals surface area contributed by atoms with Crippen molar-refractivity contribution in [3.63, 3.8) is 0 Å². The number of ether oxygens (including phenoxy) is 1. The molecule has 0 aliphatic carbocycles. The van der Waals surface area contributed by atoms with Crippen molar-refractivity contribution in [2.75, 3.05) is 13.2 Å². The second kappa shape index (κ2) is 6.71. The molecular weight excluding hydrogens is 252 g/mol. The summed E-state index contributed by atoms with van der Waals surface area (Å²) in [4.78, 5) is 15.6. The third-order valence-electron chi connectivity index (χ3n) is 3.04. The van der Waals surface area contributed by atoms with Crippen LogP contribution in [0.25, 0.3) is 0 Å². The molecule has 0 bridgehead atoms. The first-order valence-electron chi connectivity index (χ1n) is 6.28. The van der Waals surface area contributed by atoms with Crippen molar-refractivity contribution in [2.24, 2.45) is 0 Å². The normalized spacial score (nSPS) is 19.5. The van der Waals surface area contributed by atoms with Gasteiger partial charge in [-0.25, -0.2) is 9.78 Å². The summed E-state index contributed by atoms with van der Waals surface area (Å²) in [5, 5.41) is 3.91. The number of pyridine rings is 1. The van der Waals surface area contributed by atoms with Crippen LogP contribution in [0.2, 0.25) is 5.02 Å². The minimum Gasteiger partial charge on any atom is -0.461 e. The Kier molecular flexibility index (Phi) is 4.96. The van der Waals surface area contributed by atoms with E-state index < -0.39 is 5.97 Å². The minimum atomic E-state index is -0.409. The van der Waals surface area contributed by atoms with Gasteiger partial charge in [-0.05, 0) is 37.9 Å². The lowest BCUT2D eigenvalue weighted by molar-refractivity contribution is 0.0479. The quantitative estimate of drug-likeness (QED) is 0.852. The summed E-state index contributed by atoms with van der Waals surface area (Å²) < 4.78 is 5.19. The van der Waals surface area contributed by atoms with Crippen LogP contribution in [0.15, 0.2) is 18.3 Å². The van der Waals surface area contributed by atoms with E-state index in [-0.39, 0.29) is 5.69 Å². The highest BCUT2D eigenvalue weighted by atomic mass is 35.5. The fourth-order valence-electron chi connectivity index (χ4n) is 2.05. The van der Waals surface area contributed by atoms with Crippen LogP contribution >= 0.6 is 11.6 Å². The van der Waals surface area contributed by atoms with E-state index in [2.05, 4.69) is 10.3 Å². The molecule has 0 radical (unpaired) electrons. The van der Waals surface area contributed by atoms with E-state index in [0.29, 0.717) is 17.7 Å². The molecule has 2 rings (SSSR count). The highest BCUT2D eigenvalue weighted by Crippen LogP contribution is 2.11. The fourth-order valence-corrected chi connectivity index (χ4v) is 2.21. The smallest absolute Gasteiger partial charge is 0.356 e. The average molecular weight is 269 g/mol. The van der Waals surface area contributed by atoms with E-state index >= 15 is 0 Å². The highest BCUT2D eigenvalue weighted by molar-refractivity contribution is 6.30. The van der Waals surface area contributed by atoms with Gasteiger partial charge in [0.1, 0.15) is 5.69 Å². The number of carbonyl (C=O) groups is 1. The van der Waals surface area contributed by atoms with Gasteiger partial charge in [-0.15, -0.1) is 0 Å². The van der Waals surface area contributed by atoms with Gasteiger partial charge < -0.3 is 10.1 Å². The Morgan fingerprint density at radius 3 is 3.17 bits per heavy atom. The summed E-state index contributed by atoms with van der Waals surface area (Å²) >= 11 is 5.79. The van der Waals surface area contributed by atoms with E-state index in [4.69, 9.17) is 16.3 Å². The SMILES string of the molecule is O=C(OCC[C@@H]1CCCCN1)c1cc(Cl)ccn1. The molecule has 0 amide bonds. The maximum Gasteiger partial charge on any atom is 0.356 e. The zero-order valence-corrected chi connectivity index (χ0v) is 10.9. The summed E-state index contributed by atoms with van der Waals surface area (Å²) in [6.07, 6.45) is 6.01. The molecule has 0 aromatic carbocycles. The molecule has 1 atom stereocenters. The summed E-state index contributed by atoms with van der Waals surface area (Å²) in [7, 11) is 0. The molecule has 1 saturated heterocycles. The van der Waals surface area contributed by atoms with Crippen LogP contribution in [0, 0.1) is 0 Å². The Balaban J connectivity index is 1.74. The largest absolute Gasteiger partial charge is 0.461 e. The second-order valence-electron chi connectivity index (χ2n) is 4.43. The number of rotatable bonds is 4. The number of hydrogen-bond acceptors (Lipinski definition) is 4. The summed E-state index contributed by atoms with van der Waals surface area (Å²) in [6, 6.07) is 3.62. The number of aromatic nitrogens is 1. The van der Waals surface area contributed by atoms with Crippen LogP contribution in [-0.4, -0.2) is 30.1 Å². The predicted molar refractivity (Wildman–Crippen MR) is 69.8 cm³/mol. The van der Waals surface area contributed by atoms with Crippen LogP contribution < -0.4 is 5.32 Å². The van der Waals surface area contributed by atoms with Gasteiger partial charge in [0.2, 0.25) is 0 Å². The second-order valence-corrected chi connectivity index (χ2v) is 4.87. The molecule has 1 aliphatic heterocycles. The Hall–Kier alpha value is -1.13. The molecule has 1 aromatic rings. The van der Waals surface area contributed by atoms with Gasteiger partial charge in [-0.3, -0.25) is 0 Å². The van der Waals surface area contributed by atoms with Crippen molar-refractivity contribution in [3.8, 4) is 0 Å². The lowest BCUT2D eigenvalue weighted by atomic mass is 10.0. The summed E-state index contributed by atoms with van der Waals surface area (Å²) in [5.74, 6) is -0.409. The van der Waals surface area contributed by atoms with Crippen LogP contribution in [0.1, 0.15) is 36.2 Å². The molecular formula is C13H17ClN2O2. The summed E-state index contributed by atoms with van der Waals surface area (Å²) in [5.41, 5.74) is 0.263. The average Bonchev–Trinajstić information content (AvgIpc) is 2.40. The standard InChI is InChI=1S/C13H17ClN2O2/c14-10-4-7-16-12(9-10)13(17)18-8-5-11-3-1-2-6-15-11/h4,7,9,11,15H,1-3,5-6,8H2/t11-/m0/s1. The molecule has 4 nitrogen and oxygen atoms in total. The number of carbonyl (C=O) groups excluding carboxylic acids is 1. The van der Waals surface area contributed by atoms with Gasteiger partial charge in [0.15, 0.2) is 0 Å². The predicted octanol–water partition coefficient (Wildman–Crippen LogP) is 2.42. The van der Waals surface area contributed by atoms with Crippen LogP contribution in [0.5, 0.6) is 0 Å². The molecule has 18 heavy (non-hydrogen) atoms. The number of halogens is 1. The van der Waals surface area contributed by atoms with Crippen molar-refractivity contribution in [3.05, 3.63) is 29.0 Å². The number of nitrogens with one attached hydrogen (secondary N) is 1. The molecule has 98 valence electrons. The van der Waals surface area contributed by atoms with Crippen LogP contribution in [0.3, 0.4) is 0 Å². The van der Waals surface area contributed by atoms with Gasteiger partial charge in [-0.2, -0.15) is 0 Å².